The fourth-order valence-electron chi connectivity index (χ4n) is 2.85. The molecule has 1 aromatic rings. The summed E-state index contributed by atoms with van der Waals surface area (Å²) < 4.78 is 0. The van der Waals surface area contributed by atoms with E-state index in [4.69, 9.17) is 11.6 Å². The lowest BCUT2D eigenvalue weighted by molar-refractivity contribution is -0.142. The summed E-state index contributed by atoms with van der Waals surface area (Å²) in [6, 6.07) is 7.22. The molecule has 2 rings (SSSR count). The third-order valence-electron chi connectivity index (χ3n) is 4.69. The summed E-state index contributed by atoms with van der Waals surface area (Å²) in [6.45, 7) is 6.49. The standard InChI is InChI=1S/C17H22ClNO3/c1-4-17(2,3)16(22)19-9-13(14(10-19)15(20)21)11-5-7-12(18)8-6-11/h5-8,13-14H,4,9-10H2,1-3H3,(H,20,21)/t13-,14+/m0/s1. The van der Waals surface area contributed by atoms with Gasteiger partial charge in [0.1, 0.15) is 0 Å². The van der Waals surface area contributed by atoms with Crippen molar-refractivity contribution in [3.8, 4) is 0 Å². The summed E-state index contributed by atoms with van der Waals surface area (Å²) in [5.74, 6) is -1.59. The smallest absolute Gasteiger partial charge is 0.308 e. The topological polar surface area (TPSA) is 57.6 Å². The highest BCUT2D eigenvalue weighted by Crippen LogP contribution is 2.36. The molecule has 0 saturated carbocycles. The number of likely N-dealkylation sites (tertiary alicyclic amines) is 1. The van der Waals surface area contributed by atoms with E-state index in [2.05, 4.69) is 0 Å². The number of hydrogen-bond acceptors (Lipinski definition) is 2. The molecule has 0 radical (unpaired) electrons. The van der Waals surface area contributed by atoms with Crippen LogP contribution in [0.5, 0.6) is 0 Å². The lowest BCUT2D eigenvalue weighted by Gasteiger charge is -2.28. The molecule has 22 heavy (non-hydrogen) atoms. The van der Waals surface area contributed by atoms with Gasteiger partial charge < -0.3 is 10.0 Å². The molecule has 5 heteroatoms. The largest absolute Gasteiger partial charge is 0.481 e. The van der Waals surface area contributed by atoms with Gasteiger partial charge in [0.15, 0.2) is 0 Å². The van der Waals surface area contributed by atoms with Gasteiger partial charge in [0, 0.05) is 29.4 Å². The molecule has 1 saturated heterocycles. The number of carboxylic acids is 1. The molecule has 0 spiro atoms. The summed E-state index contributed by atoms with van der Waals surface area (Å²) in [5, 5.41) is 10.1. The molecular weight excluding hydrogens is 302 g/mol. The van der Waals surface area contributed by atoms with E-state index in [9.17, 15) is 14.7 Å². The van der Waals surface area contributed by atoms with Gasteiger partial charge in [-0.3, -0.25) is 9.59 Å². The second-order valence-corrected chi connectivity index (χ2v) is 6.99. The number of amides is 1. The fourth-order valence-corrected chi connectivity index (χ4v) is 2.97. The molecule has 1 aliphatic rings. The highest BCUT2D eigenvalue weighted by Gasteiger charge is 2.43. The zero-order chi connectivity index (χ0) is 16.5. The summed E-state index contributed by atoms with van der Waals surface area (Å²) in [7, 11) is 0. The van der Waals surface area contributed by atoms with Gasteiger partial charge in [-0.15, -0.1) is 0 Å². The Morgan fingerprint density at radius 3 is 2.36 bits per heavy atom. The Hall–Kier alpha value is -1.55. The van der Waals surface area contributed by atoms with Gasteiger partial charge in [-0.05, 0) is 24.1 Å². The first-order valence-electron chi connectivity index (χ1n) is 7.54. The van der Waals surface area contributed by atoms with Crippen LogP contribution in [0.25, 0.3) is 0 Å². The van der Waals surface area contributed by atoms with Crippen LogP contribution in [-0.4, -0.2) is 35.0 Å². The van der Waals surface area contributed by atoms with Crippen molar-refractivity contribution in [3.63, 3.8) is 0 Å². The lowest BCUT2D eigenvalue weighted by atomic mass is 9.88. The number of aliphatic carboxylic acids is 1. The zero-order valence-corrected chi connectivity index (χ0v) is 13.9. The minimum absolute atomic E-state index is 0.0257. The van der Waals surface area contributed by atoms with Crippen molar-refractivity contribution < 1.29 is 14.7 Å². The highest BCUT2D eigenvalue weighted by molar-refractivity contribution is 6.30. The van der Waals surface area contributed by atoms with E-state index < -0.39 is 17.3 Å². The first-order valence-corrected chi connectivity index (χ1v) is 7.91. The third kappa shape index (κ3) is 3.27. The lowest BCUT2D eigenvalue weighted by Crippen LogP contribution is -2.39. The molecule has 120 valence electrons. The average Bonchev–Trinajstić information content (AvgIpc) is 2.92. The molecule has 1 N–H and O–H groups in total. The van der Waals surface area contributed by atoms with Crippen molar-refractivity contribution in [2.45, 2.75) is 33.1 Å². The van der Waals surface area contributed by atoms with Crippen LogP contribution >= 0.6 is 11.6 Å². The van der Waals surface area contributed by atoms with Crippen LogP contribution < -0.4 is 0 Å². The number of hydrogen-bond donors (Lipinski definition) is 1. The fraction of sp³-hybridized carbons (Fsp3) is 0.529. The van der Waals surface area contributed by atoms with Crippen molar-refractivity contribution in [3.05, 3.63) is 34.9 Å². The number of carbonyl (C=O) groups excluding carboxylic acids is 1. The Labute approximate surface area is 136 Å². The van der Waals surface area contributed by atoms with Crippen LogP contribution in [0.1, 0.15) is 38.7 Å². The minimum atomic E-state index is -0.857. The predicted octanol–water partition coefficient (Wildman–Crippen LogP) is 3.40. The second kappa shape index (κ2) is 6.29. The Kier molecular flexibility index (Phi) is 4.81. The number of halogens is 1. The quantitative estimate of drug-likeness (QED) is 0.923. The maximum atomic E-state index is 12.6. The molecule has 1 aliphatic heterocycles. The maximum Gasteiger partial charge on any atom is 0.308 e. The zero-order valence-electron chi connectivity index (χ0n) is 13.2. The Morgan fingerprint density at radius 1 is 1.27 bits per heavy atom. The monoisotopic (exact) mass is 323 g/mol. The minimum Gasteiger partial charge on any atom is -0.481 e. The molecule has 0 aromatic heterocycles. The van der Waals surface area contributed by atoms with Crippen LogP contribution in [0.4, 0.5) is 0 Å². The van der Waals surface area contributed by atoms with E-state index >= 15 is 0 Å². The number of benzene rings is 1. The van der Waals surface area contributed by atoms with E-state index in [-0.39, 0.29) is 18.4 Å². The van der Waals surface area contributed by atoms with Gasteiger partial charge >= 0.3 is 5.97 Å². The Morgan fingerprint density at radius 2 is 1.86 bits per heavy atom. The average molecular weight is 324 g/mol. The van der Waals surface area contributed by atoms with Crippen LogP contribution in [0.15, 0.2) is 24.3 Å². The van der Waals surface area contributed by atoms with Gasteiger partial charge in [-0.25, -0.2) is 0 Å². The SMILES string of the molecule is CCC(C)(C)C(=O)N1C[C@@H](C(=O)O)[C@H](c2ccc(Cl)cc2)C1. The summed E-state index contributed by atoms with van der Waals surface area (Å²) >= 11 is 5.89. The van der Waals surface area contributed by atoms with Gasteiger partial charge in [0.05, 0.1) is 5.92 Å². The van der Waals surface area contributed by atoms with E-state index in [1.807, 2.05) is 32.9 Å². The molecule has 0 bridgehead atoms. The van der Waals surface area contributed by atoms with Crippen LogP contribution in [0, 0.1) is 11.3 Å². The first kappa shape index (κ1) is 16.8. The van der Waals surface area contributed by atoms with Gasteiger partial charge in [-0.2, -0.15) is 0 Å². The van der Waals surface area contributed by atoms with E-state index in [0.717, 1.165) is 12.0 Å². The molecule has 0 aliphatic carbocycles. The number of rotatable bonds is 4. The third-order valence-corrected chi connectivity index (χ3v) is 4.94. The second-order valence-electron chi connectivity index (χ2n) is 6.55. The van der Waals surface area contributed by atoms with Crippen molar-refractivity contribution in [2.75, 3.05) is 13.1 Å². The van der Waals surface area contributed by atoms with Gasteiger partial charge in [0.2, 0.25) is 5.91 Å². The van der Waals surface area contributed by atoms with Crippen molar-refractivity contribution >= 4 is 23.5 Å². The molecule has 4 nitrogen and oxygen atoms in total. The normalized spacial score (nSPS) is 21.9. The summed E-state index contributed by atoms with van der Waals surface area (Å²) in [4.78, 5) is 25.9. The van der Waals surface area contributed by atoms with Crippen molar-refractivity contribution in [1.82, 2.24) is 4.90 Å². The summed E-state index contributed by atoms with van der Waals surface area (Å²) in [6.07, 6.45) is 0.728. The van der Waals surface area contributed by atoms with Gasteiger partial charge in [-0.1, -0.05) is 44.5 Å². The Bertz CT molecular complexity index is 568. The molecule has 1 fully saturated rings. The molecule has 1 heterocycles. The molecule has 2 atom stereocenters. The van der Waals surface area contributed by atoms with Crippen LogP contribution in [0.2, 0.25) is 5.02 Å². The number of carboxylic acid groups (broad SMARTS) is 1. The van der Waals surface area contributed by atoms with E-state index in [0.29, 0.717) is 11.6 Å². The number of nitrogens with zero attached hydrogens (tertiary/aromatic N) is 1. The molecule has 1 aromatic carbocycles. The number of carbonyl (C=O) groups is 2. The van der Waals surface area contributed by atoms with E-state index in [1.54, 1.807) is 17.0 Å². The highest BCUT2D eigenvalue weighted by atomic mass is 35.5. The Balaban J connectivity index is 2.25. The van der Waals surface area contributed by atoms with Crippen molar-refractivity contribution in [2.24, 2.45) is 11.3 Å². The summed E-state index contributed by atoms with van der Waals surface area (Å²) in [5.41, 5.74) is 0.458. The molecular formula is C17H22ClNO3. The van der Waals surface area contributed by atoms with Crippen LogP contribution in [0.3, 0.4) is 0 Å². The van der Waals surface area contributed by atoms with Crippen LogP contribution in [-0.2, 0) is 9.59 Å². The molecule has 1 amide bonds. The first-order chi connectivity index (χ1) is 10.3. The maximum absolute atomic E-state index is 12.6. The van der Waals surface area contributed by atoms with Gasteiger partial charge in [0.25, 0.3) is 0 Å². The van der Waals surface area contributed by atoms with E-state index in [1.165, 1.54) is 0 Å². The predicted molar refractivity (Wildman–Crippen MR) is 86.0 cm³/mol. The molecule has 0 unspecified atom stereocenters. The van der Waals surface area contributed by atoms with Crippen molar-refractivity contribution in [1.29, 1.82) is 0 Å².